The molecule has 2 aromatic carbocycles. The highest BCUT2D eigenvalue weighted by Crippen LogP contribution is 2.39. The van der Waals surface area contributed by atoms with Crippen molar-refractivity contribution in [3.63, 3.8) is 0 Å². The van der Waals surface area contributed by atoms with Gasteiger partial charge in [0.1, 0.15) is 17.9 Å². The van der Waals surface area contributed by atoms with Crippen LogP contribution >= 0.6 is 0 Å². The number of carbonyl (C=O) groups is 2. The van der Waals surface area contributed by atoms with Gasteiger partial charge < -0.3 is 14.7 Å². The number of carboxylic acids is 1. The number of hydrogen-bond donors (Lipinski definition) is 1. The number of carboxylic acid groups (broad SMARTS) is 1. The number of aromatic nitrogens is 3. The first-order chi connectivity index (χ1) is 20.9. The lowest BCUT2D eigenvalue weighted by atomic mass is 9.89. The van der Waals surface area contributed by atoms with Gasteiger partial charge in [-0.1, -0.05) is 36.4 Å². The van der Waals surface area contributed by atoms with Crippen molar-refractivity contribution >= 4 is 11.9 Å². The van der Waals surface area contributed by atoms with Gasteiger partial charge in [0.15, 0.2) is 11.5 Å². The van der Waals surface area contributed by atoms with Gasteiger partial charge in [0.2, 0.25) is 5.91 Å². The number of likely N-dealkylation sites (tertiary alicyclic amines) is 1. The molecule has 0 bridgehead atoms. The second-order valence-corrected chi connectivity index (χ2v) is 10.3. The molecule has 1 aliphatic heterocycles. The van der Waals surface area contributed by atoms with E-state index in [1.807, 2.05) is 29.2 Å². The zero-order valence-electron chi connectivity index (χ0n) is 23.4. The van der Waals surface area contributed by atoms with Crippen molar-refractivity contribution in [3.8, 4) is 22.8 Å². The minimum atomic E-state index is -5.06. The molecule has 0 radical (unpaired) electrons. The van der Waals surface area contributed by atoms with Crippen LogP contribution in [0.2, 0.25) is 0 Å². The monoisotopic (exact) mass is 614 g/mol. The largest absolute Gasteiger partial charge is 0.488 e. The number of ether oxygens (including phenoxy) is 1. The van der Waals surface area contributed by atoms with E-state index < -0.39 is 35.4 Å². The summed E-state index contributed by atoms with van der Waals surface area (Å²) in [7, 11) is 0. The number of para-hydroxylation sites is 1. The molecule has 1 aliphatic rings. The van der Waals surface area contributed by atoms with Crippen molar-refractivity contribution in [2.75, 3.05) is 13.1 Å². The molecule has 3 heterocycles. The summed E-state index contributed by atoms with van der Waals surface area (Å²) in [6.07, 6.45) is -5.73. The van der Waals surface area contributed by atoms with Gasteiger partial charge in [0.05, 0.1) is 17.5 Å². The fourth-order valence-corrected chi connectivity index (χ4v) is 5.30. The number of alkyl halides is 5. The molecule has 1 amide bonds. The van der Waals surface area contributed by atoms with Crippen molar-refractivity contribution in [2.45, 2.75) is 44.9 Å². The summed E-state index contributed by atoms with van der Waals surface area (Å²) in [5, 5.41) is 12.8. The zero-order chi connectivity index (χ0) is 31.6. The van der Waals surface area contributed by atoms with E-state index in [9.17, 15) is 36.6 Å². The van der Waals surface area contributed by atoms with E-state index in [-0.39, 0.29) is 35.3 Å². The van der Waals surface area contributed by atoms with Crippen molar-refractivity contribution in [1.82, 2.24) is 19.7 Å². The maximum atomic E-state index is 14.1. The molecule has 0 unspecified atom stereocenters. The molecule has 8 nitrogen and oxygen atoms in total. The number of halogens is 5. The second-order valence-electron chi connectivity index (χ2n) is 10.3. The maximum Gasteiger partial charge on any atom is 0.434 e. The highest BCUT2D eigenvalue weighted by molar-refractivity contribution is 5.89. The molecule has 230 valence electrons. The number of pyridine rings is 1. The highest BCUT2D eigenvalue weighted by atomic mass is 19.4. The average molecular weight is 615 g/mol. The van der Waals surface area contributed by atoms with E-state index >= 15 is 0 Å². The number of benzene rings is 2. The van der Waals surface area contributed by atoms with E-state index in [2.05, 4.69) is 10.1 Å². The average Bonchev–Trinajstić information content (AvgIpc) is 3.47. The first kappa shape index (κ1) is 30.6. The van der Waals surface area contributed by atoms with E-state index in [1.54, 1.807) is 6.92 Å². The van der Waals surface area contributed by atoms with Crippen LogP contribution in [0.1, 0.15) is 64.9 Å². The molecular weight excluding hydrogens is 587 g/mol. The third kappa shape index (κ3) is 6.41. The quantitative estimate of drug-likeness (QED) is 0.217. The van der Waals surface area contributed by atoms with Gasteiger partial charge in [-0.3, -0.25) is 4.79 Å². The highest BCUT2D eigenvalue weighted by Gasteiger charge is 2.41. The van der Waals surface area contributed by atoms with Crippen molar-refractivity contribution in [3.05, 3.63) is 94.8 Å². The third-order valence-electron chi connectivity index (χ3n) is 7.55. The van der Waals surface area contributed by atoms with Crippen LogP contribution in [-0.2, 0) is 17.6 Å². The molecule has 5 rings (SSSR count). The molecule has 1 N–H and O–H groups in total. The number of rotatable bonds is 8. The fourth-order valence-electron chi connectivity index (χ4n) is 5.30. The summed E-state index contributed by atoms with van der Waals surface area (Å²) in [6, 6.07) is 15.6. The number of nitrogens with zero attached hydrogens (tertiary/aromatic N) is 4. The Labute approximate surface area is 248 Å². The summed E-state index contributed by atoms with van der Waals surface area (Å²) in [4.78, 5) is 29.0. The van der Waals surface area contributed by atoms with E-state index in [0.29, 0.717) is 35.4 Å². The molecule has 13 heteroatoms. The van der Waals surface area contributed by atoms with Crippen LogP contribution in [0.4, 0.5) is 22.0 Å². The molecule has 0 atom stereocenters. The van der Waals surface area contributed by atoms with Crippen LogP contribution in [0.25, 0.3) is 17.1 Å². The summed E-state index contributed by atoms with van der Waals surface area (Å²) < 4.78 is 75.8. The molecule has 1 saturated heterocycles. The van der Waals surface area contributed by atoms with Crippen LogP contribution in [0.15, 0.2) is 66.9 Å². The Morgan fingerprint density at radius 1 is 1.02 bits per heavy atom. The van der Waals surface area contributed by atoms with Gasteiger partial charge in [-0.15, -0.1) is 0 Å². The second kappa shape index (κ2) is 12.4. The molecule has 0 saturated carbocycles. The Hall–Kier alpha value is -4.81. The molecule has 4 aromatic rings. The first-order valence-electron chi connectivity index (χ1n) is 13.7. The van der Waals surface area contributed by atoms with E-state index in [1.165, 1.54) is 36.4 Å². The van der Waals surface area contributed by atoms with Crippen molar-refractivity contribution in [1.29, 1.82) is 0 Å². The fraction of sp³-hybridized carbons (Fsp3) is 0.290. The summed E-state index contributed by atoms with van der Waals surface area (Å²) in [6.45, 7) is 2.86. The van der Waals surface area contributed by atoms with Crippen LogP contribution in [-0.4, -0.2) is 49.7 Å². The lowest BCUT2D eigenvalue weighted by Crippen LogP contribution is -2.36. The molecule has 44 heavy (non-hydrogen) atoms. The molecule has 0 aliphatic carbocycles. The Morgan fingerprint density at radius 3 is 2.32 bits per heavy atom. The summed E-state index contributed by atoms with van der Waals surface area (Å²) >= 11 is 0. The van der Waals surface area contributed by atoms with Gasteiger partial charge in [-0.25, -0.2) is 23.2 Å². The van der Waals surface area contributed by atoms with Crippen LogP contribution < -0.4 is 4.74 Å². The lowest BCUT2D eigenvalue weighted by molar-refractivity contribution is -0.143. The minimum absolute atomic E-state index is 0.0211. The Bertz CT molecular complexity index is 1660. The minimum Gasteiger partial charge on any atom is -0.488 e. The summed E-state index contributed by atoms with van der Waals surface area (Å²) in [5.74, 6) is -2.01. The number of hydrogen-bond acceptors (Lipinski definition) is 5. The SMILES string of the molecule is CC(=O)N1CCC(c2ccc(COc3c(-c4cccc(-n5ncc(C(=O)O)c5C(F)(F)F)n4)cccc3C(F)F)cc2)CC1. The molecule has 0 spiro atoms. The van der Waals surface area contributed by atoms with Gasteiger partial charge in [0, 0.05) is 25.6 Å². The summed E-state index contributed by atoms with van der Waals surface area (Å²) in [5.41, 5.74) is -1.06. The predicted octanol–water partition coefficient (Wildman–Crippen LogP) is 6.89. The number of carbonyl (C=O) groups excluding carboxylic acids is 1. The number of aromatic carboxylic acids is 1. The number of amides is 1. The van der Waals surface area contributed by atoms with Gasteiger partial charge >= 0.3 is 12.1 Å². The zero-order valence-corrected chi connectivity index (χ0v) is 23.4. The van der Waals surface area contributed by atoms with Gasteiger partial charge in [-0.05, 0) is 54.2 Å². The van der Waals surface area contributed by atoms with E-state index in [4.69, 9.17) is 4.74 Å². The first-order valence-corrected chi connectivity index (χ1v) is 13.7. The lowest BCUT2D eigenvalue weighted by Gasteiger charge is -2.31. The Kier molecular flexibility index (Phi) is 8.66. The van der Waals surface area contributed by atoms with Crippen molar-refractivity contribution < 1.29 is 41.4 Å². The smallest absolute Gasteiger partial charge is 0.434 e. The van der Waals surface area contributed by atoms with Crippen LogP contribution in [0.5, 0.6) is 5.75 Å². The Morgan fingerprint density at radius 2 is 1.70 bits per heavy atom. The molecule has 2 aromatic heterocycles. The normalized spacial score (nSPS) is 14.2. The number of piperidine rings is 1. The van der Waals surface area contributed by atoms with Gasteiger partial charge in [0.25, 0.3) is 6.43 Å². The molecular formula is C31H27F5N4O4. The van der Waals surface area contributed by atoms with Crippen LogP contribution in [0.3, 0.4) is 0 Å². The van der Waals surface area contributed by atoms with Crippen molar-refractivity contribution in [2.24, 2.45) is 0 Å². The third-order valence-corrected chi connectivity index (χ3v) is 7.55. The predicted molar refractivity (Wildman–Crippen MR) is 149 cm³/mol. The molecule has 1 fully saturated rings. The maximum absolute atomic E-state index is 14.1. The van der Waals surface area contributed by atoms with Gasteiger partial charge in [-0.2, -0.15) is 18.3 Å². The Balaban J connectivity index is 1.42. The van der Waals surface area contributed by atoms with Crippen LogP contribution in [0, 0.1) is 0 Å². The topological polar surface area (TPSA) is 97.6 Å². The standard InChI is InChI=1S/C31H27F5N4O4/c1-18(41)39-14-12-21(13-15-39)20-10-8-19(9-11-20)17-44-27-22(4-2-5-23(27)29(32)33)25-6-3-7-26(38-25)40-28(31(34,35)36)24(16-37-40)30(42)43/h2-11,16,21,29H,12-15,17H2,1H3,(H,42,43). The van der Waals surface area contributed by atoms with E-state index in [0.717, 1.165) is 18.4 Å².